The van der Waals surface area contributed by atoms with Gasteiger partial charge in [0.2, 0.25) is 5.91 Å². The summed E-state index contributed by atoms with van der Waals surface area (Å²) in [6.07, 6.45) is 0.900. The number of amides is 1. The van der Waals surface area contributed by atoms with Crippen molar-refractivity contribution in [2.24, 2.45) is 0 Å². The van der Waals surface area contributed by atoms with Gasteiger partial charge in [0.25, 0.3) is 10.0 Å². The number of nitrogens with one attached hydrogen (secondary N) is 1. The zero-order valence-electron chi connectivity index (χ0n) is 13.4. The summed E-state index contributed by atoms with van der Waals surface area (Å²) >= 11 is 5.85. The van der Waals surface area contributed by atoms with Crippen molar-refractivity contribution in [2.45, 2.75) is 24.7 Å². The number of carbonyl (C=O) groups is 1. The Labute approximate surface area is 150 Å². The van der Waals surface area contributed by atoms with Crippen molar-refractivity contribution in [3.8, 4) is 0 Å². The number of hydrogen-bond donors (Lipinski definition) is 1. The Morgan fingerprint density at radius 2 is 2.00 bits per heavy atom. The lowest BCUT2D eigenvalue weighted by atomic mass is 10.0. The molecule has 2 aromatic rings. The van der Waals surface area contributed by atoms with Crippen LogP contribution in [0.2, 0.25) is 5.02 Å². The Bertz CT molecular complexity index is 927. The Hall–Kier alpha value is -2.12. The van der Waals surface area contributed by atoms with Gasteiger partial charge < -0.3 is 4.90 Å². The molecule has 0 saturated heterocycles. The smallest absolute Gasteiger partial charge is 0.266 e. The number of halogens is 2. The summed E-state index contributed by atoms with van der Waals surface area (Å²) in [4.78, 5) is 13.0. The molecule has 0 bridgehead atoms. The number of anilines is 2. The summed E-state index contributed by atoms with van der Waals surface area (Å²) in [5.41, 5.74) is 1.93. The van der Waals surface area contributed by atoms with E-state index in [0.717, 1.165) is 17.3 Å². The minimum absolute atomic E-state index is 0.0430. The standard InChI is InChI=1S/C17H16ClFN2O3S/c1-2-21-15-8-7-12(10-11(15)6-9-16(21)22)20-25(23,24)17-13(18)4-3-5-14(17)19/h3-5,7-8,10,20H,2,6,9H2,1H3. The molecule has 1 aliphatic rings. The topological polar surface area (TPSA) is 66.5 Å². The highest BCUT2D eigenvalue weighted by Gasteiger charge is 2.25. The van der Waals surface area contributed by atoms with Crippen molar-refractivity contribution in [3.63, 3.8) is 0 Å². The van der Waals surface area contributed by atoms with Gasteiger partial charge in [-0.2, -0.15) is 0 Å². The lowest BCUT2D eigenvalue weighted by Crippen LogP contribution is -2.34. The Kier molecular flexibility index (Phi) is 4.71. The molecule has 25 heavy (non-hydrogen) atoms. The van der Waals surface area contributed by atoms with Crippen LogP contribution in [0.15, 0.2) is 41.3 Å². The Morgan fingerprint density at radius 1 is 1.24 bits per heavy atom. The predicted molar refractivity (Wildman–Crippen MR) is 95.0 cm³/mol. The van der Waals surface area contributed by atoms with Crippen molar-refractivity contribution < 1.29 is 17.6 Å². The van der Waals surface area contributed by atoms with E-state index in [1.165, 1.54) is 12.1 Å². The van der Waals surface area contributed by atoms with E-state index in [0.29, 0.717) is 25.1 Å². The van der Waals surface area contributed by atoms with Crippen LogP contribution < -0.4 is 9.62 Å². The highest BCUT2D eigenvalue weighted by Crippen LogP contribution is 2.32. The Morgan fingerprint density at radius 3 is 2.68 bits per heavy atom. The molecule has 1 N–H and O–H groups in total. The number of carbonyl (C=O) groups excluding carboxylic acids is 1. The van der Waals surface area contributed by atoms with Crippen molar-refractivity contribution in [3.05, 3.63) is 52.8 Å². The van der Waals surface area contributed by atoms with Gasteiger partial charge in [-0.1, -0.05) is 17.7 Å². The molecule has 132 valence electrons. The first-order valence-corrected chi connectivity index (χ1v) is 9.59. The molecule has 5 nitrogen and oxygen atoms in total. The van der Waals surface area contributed by atoms with E-state index in [1.807, 2.05) is 6.92 Å². The number of benzene rings is 2. The third kappa shape index (κ3) is 3.34. The molecule has 8 heteroatoms. The summed E-state index contributed by atoms with van der Waals surface area (Å²) in [6.45, 7) is 2.42. The summed E-state index contributed by atoms with van der Waals surface area (Å²) in [6, 6.07) is 8.60. The Balaban J connectivity index is 1.95. The average molecular weight is 383 g/mol. The van der Waals surface area contributed by atoms with Crippen LogP contribution >= 0.6 is 11.6 Å². The van der Waals surface area contributed by atoms with Gasteiger partial charge in [0.1, 0.15) is 10.7 Å². The fraction of sp³-hybridized carbons (Fsp3) is 0.235. The molecule has 1 heterocycles. The monoisotopic (exact) mass is 382 g/mol. The third-order valence-corrected chi connectivity index (χ3v) is 5.92. The fourth-order valence-electron chi connectivity index (χ4n) is 2.92. The first-order valence-electron chi connectivity index (χ1n) is 7.73. The van der Waals surface area contributed by atoms with Gasteiger partial charge in [0.15, 0.2) is 0 Å². The second-order valence-corrected chi connectivity index (χ2v) is 7.66. The van der Waals surface area contributed by atoms with Gasteiger partial charge in [-0.3, -0.25) is 9.52 Å². The molecule has 0 saturated carbocycles. The molecule has 1 aliphatic heterocycles. The SMILES string of the molecule is CCN1C(=O)CCc2cc(NS(=O)(=O)c3c(F)cccc3Cl)ccc21. The molecule has 1 amide bonds. The van der Waals surface area contributed by atoms with E-state index in [-0.39, 0.29) is 10.9 Å². The van der Waals surface area contributed by atoms with Gasteiger partial charge in [0, 0.05) is 24.3 Å². The molecule has 2 aromatic carbocycles. The normalized spacial score (nSPS) is 14.4. The maximum atomic E-state index is 13.9. The van der Waals surface area contributed by atoms with Crippen molar-refractivity contribution in [1.29, 1.82) is 0 Å². The summed E-state index contributed by atoms with van der Waals surface area (Å²) in [7, 11) is -4.17. The molecule has 3 rings (SSSR count). The van der Waals surface area contributed by atoms with E-state index in [2.05, 4.69) is 4.72 Å². The molecule has 0 aliphatic carbocycles. The number of fused-ring (bicyclic) bond motifs is 1. The number of aryl methyl sites for hydroxylation is 1. The first-order chi connectivity index (χ1) is 11.8. The molecular formula is C17H16ClFN2O3S. The fourth-order valence-corrected chi connectivity index (χ4v) is 4.57. The van der Waals surface area contributed by atoms with Crippen LogP contribution in [0.3, 0.4) is 0 Å². The third-order valence-electron chi connectivity index (χ3n) is 4.04. The number of nitrogens with zero attached hydrogens (tertiary/aromatic N) is 1. The maximum Gasteiger partial charge on any atom is 0.266 e. The number of sulfonamides is 1. The maximum absolute atomic E-state index is 13.9. The van der Waals surface area contributed by atoms with E-state index < -0.39 is 20.7 Å². The minimum Gasteiger partial charge on any atom is -0.312 e. The van der Waals surface area contributed by atoms with Crippen LogP contribution in [0.4, 0.5) is 15.8 Å². The second kappa shape index (κ2) is 6.65. The number of hydrogen-bond acceptors (Lipinski definition) is 3. The summed E-state index contributed by atoms with van der Waals surface area (Å²) in [5, 5.41) is -0.187. The molecule has 0 spiro atoms. The zero-order chi connectivity index (χ0) is 18.2. The lowest BCUT2D eigenvalue weighted by Gasteiger charge is -2.28. The molecule has 0 atom stereocenters. The van der Waals surface area contributed by atoms with Crippen LogP contribution in [-0.2, 0) is 21.2 Å². The van der Waals surface area contributed by atoms with Crippen LogP contribution in [0.25, 0.3) is 0 Å². The molecular weight excluding hydrogens is 367 g/mol. The zero-order valence-corrected chi connectivity index (χ0v) is 15.0. The van der Waals surface area contributed by atoms with E-state index >= 15 is 0 Å². The number of rotatable bonds is 4. The van der Waals surface area contributed by atoms with Gasteiger partial charge >= 0.3 is 0 Å². The molecule has 0 aromatic heterocycles. The lowest BCUT2D eigenvalue weighted by molar-refractivity contribution is -0.118. The van der Waals surface area contributed by atoms with Crippen LogP contribution in [-0.4, -0.2) is 20.9 Å². The van der Waals surface area contributed by atoms with Crippen LogP contribution in [0.5, 0.6) is 0 Å². The quantitative estimate of drug-likeness (QED) is 0.878. The largest absolute Gasteiger partial charge is 0.312 e. The average Bonchev–Trinajstić information content (AvgIpc) is 2.54. The first kappa shape index (κ1) is 17.7. The van der Waals surface area contributed by atoms with E-state index in [9.17, 15) is 17.6 Å². The summed E-state index contributed by atoms with van der Waals surface area (Å²) in [5.74, 6) is -0.873. The molecule has 0 radical (unpaired) electrons. The van der Waals surface area contributed by atoms with Gasteiger partial charge in [0.05, 0.1) is 5.02 Å². The van der Waals surface area contributed by atoms with Crippen molar-refractivity contribution >= 4 is 38.9 Å². The van der Waals surface area contributed by atoms with E-state index in [1.54, 1.807) is 23.1 Å². The predicted octanol–water partition coefficient (Wildman–Crippen LogP) is 3.58. The minimum atomic E-state index is -4.17. The summed E-state index contributed by atoms with van der Waals surface area (Å²) < 4.78 is 41.2. The highest BCUT2D eigenvalue weighted by atomic mass is 35.5. The van der Waals surface area contributed by atoms with Crippen molar-refractivity contribution in [2.75, 3.05) is 16.2 Å². The van der Waals surface area contributed by atoms with Gasteiger partial charge in [-0.05, 0) is 49.2 Å². The second-order valence-electron chi connectivity index (χ2n) is 5.64. The van der Waals surface area contributed by atoms with E-state index in [4.69, 9.17) is 11.6 Å². The molecule has 0 fully saturated rings. The van der Waals surface area contributed by atoms with Crippen molar-refractivity contribution in [1.82, 2.24) is 0 Å². The molecule has 0 unspecified atom stereocenters. The van der Waals surface area contributed by atoms with Gasteiger partial charge in [-0.25, -0.2) is 12.8 Å². The van der Waals surface area contributed by atoms with Gasteiger partial charge in [-0.15, -0.1) is 0 Å². The van der Waals surface area contributed by atoms with Crippen LogP contribution in [0, 0.1) is 5.82 Å². The van der Waals surface area contributed by atoms with Crippen LogP contribution in [0.1, 0.15) is 18.9 Å². The highest BCUT2D eigenvalue weighted by molar-refractivity contribution is 7.92.